The van der Waals surface area contributed by atoms with E-state index in [9.17, 15) is 0 Å². The molecule has 0 amide bonds. The normalized spacial score (nSPS) is 16.9. The standard InChI is InChI=1S/C17H25N5/c1-20(2)16-6-4-5-15(19-16)14-7-10-22(11-8-14)13-17-18-9-12-21(17)3/h4-6,9,12,14H,7-8,10-11,13H2,1-3H3. The van der Waals surface area contributed by atoms with Gasteiger partial charge in [0, 0.05) is 45.1 Å². The molecular formula is C17H25N5. The van der Waals surface area contributed by atoms with Crippen LogP contribution in [-0.2, 0) is 13.6 Å². The van der Waals surface area contributed by atoms with E-state index in [0.717, 1.165) is 31.3 Å². The van der Waals surface area contributed by atoms with Crippen LogP contribution in [0.5, 0.6) is 0 Å². The smallest absolute Gasteiger partial charge is 0.128 e. The molecule has 5 heteroatoms. The summed E-state index contributed by atoms with van der Waals surface area (Å²) < 4.78 is 2.11. The Balaban J connectivity index is 1.60. The Morgan fingerprint density at radius 2 is 2.00 bits per heavy atom. The van der Waals surface area contributed by atoms with Gasteiger partial charge in [0.2, 0.25) is 0 Å². The largest absolute Gasteiger partial charge is 0.363 e. The number of aromatic nitrogens is 3. The molecule has 1 fully saturated rings. The fourth-order valence-electron chi connectivity index (χ4n) is 3.05. The van der Waals surface area contributed by atoms with Gasteiger partial charge < -0.3 is 9.47 Å². The third-order valence-electron chi connectivity index (χ3n) is 4.51. The number of pyridine rings is 1. The Kier molecular flexibility index (Phi) is 4.43. The number of nitrogens with zero attached hydrogens (tertiary/aromatic N) is 5. The van der Waals surface area contributed by atoms with E-state index in [2.05, 4.69) is 44.6 Å². The van der Waals surface area contributed by atoms with Crippen LogP contribution < -0.4 is 4.90 Å². The summed E-state index contributed by atoms with van der Waals surface area (Å²) in [5, 5.41) is 0. The Hall–Kier alpha value is -1.88. The maximum atomic E-state index is 4.80. The molecule has 0 saturated carbocycles. The van der Waals surface area contributed by atoms with Gasteiger partial charge in [0.15, 0.2) is 0 Å². The van der Waals surface area contributed by atoms with E-state index in [0.29, 0.717) is 5.92 Å². The third-order valence-corrected chi connectivity index (χ3v) is 4.51. The molecule has 0 aliphatic carbocycles. The predicted octanol–water partition coefficient (Wildman–Crippen LogP) is 2.26. The van der Waals surface area contributed by atoms with Gasteiger partial charge in [-0.25, -0.2) is 9.97 Å². The lowest BCUT2D eigenvalue weighted by Crippen LogP contribution is -2.33. The van der Waals surface area contributed by atoms with Gasteiger partial charge in [0.05, 0.1) is 6.54 Å². The molecule has 0 N–H and O–H groups in total. The molecule has 2 aromatic heterocycles. The summed E-state index contributed by atoms with van der Waals surface area (Å²) in [5.74, 6) is 2.77. The molecule has 1 aliphatic rings. The molecule has 1 aliphatic heterocycles. The van der Waals surface area contributed by atoms with E-state index < -0.39 is 0 Å². The van der Waals surface area contributed by atoms with Crippen molar-refractivity contribution in [1.82, 2.24) is 19.4 Å². The topological polar surface area (TPSA) is 37.2 Å². The molecule has 0 spiro atoms. The van der Waals surface area contributed by atoms with E-state index >= 15 is 0 Å². The highest BCUT2D eigenvalue weighted by Gasteiger charge is 2.22. The SMILES string of the molecule is CN(C)c1cccc(C2CCN(Cc3nccn3C)CC2)n1. The number of anilines is 1. The number of rotatable bonds is 4. The van der Waals surface area contributed by atoms with Crippen LogP contribution in [0.15, 0.2) is 30.6 Å². The summed E-state index contributed by atoms with van der Waals surface area (Å²) in [6.45, 7) is 3.18. The molecule has 118 valence electrons. The fourth-order valence-corrected chi connectivity index (χ4v) is 3.05. The van der Waals surface area contributed by atoms with Crippen LogP contribution >= 0.6 is 0 Å². The van der Waals surface area contributed by atoms with Gasteiger partial charge in [-0.1, -0.05) is 6.07 Å². The summed E-state index contributed by atoms with van der Waals surface area (Å²) in [6.07, 6.45) is 6.24. The number of hydrogen-bond acceptors (Lipinski definition) is 4. The summed E-state index contributed by atoms with van der Waals surface area (Å²) in [7, 11) is 6.15. The van der Waals surface area contributed by atoms with Crippen molar-refractivity contribution in [2.75, 3.05) is 32.1 Å². The lowest BCUT2D eigenvalue weighted by Gasteiger charge is -2.31. The van der Waals surface area contributed by atoms with Crippen molar-refractivity contribution >= 4 is 5.82 Å². The zero-order valence-electron chi connectivity index (χ0n) is 13.7. The molecule has 3 rings (SSSR count). The van der Waals surface area contributed by atoms with Gasteiger partial charge in [-0.15, -0.1) is 0 Å². The average molecular weight is 299 g/mol. The number of piperidine rings is 1. The van der Waals surface area contributed by atoms with Crippen molar-refractivity contribution in [3.8, 4) is 0 Å². The molecule has 0 bridgehead atoms. The van der Waals surface area contributed by atoms with E-state index in [4.69, 9.17) is 4.98 Å². The molecule has 1 saturated heterocycles. The van der Waals surface area contributed by atoms with Gasteiger partial charge in [-0.05, 0) is 38.1 Å². The van der Waals surface area contributed by atoms with Crippen molar-refractivity contribution in [3.63, 3.8) is 0 Å². The van der Waals surface area contributed by atoms with Crippen LogP contribution in [0.3, 0.4) is 0 Å². The Labute approximate surface area is 132 Å². The number of hydrogen-bond donors (Lipinski definition) is 0. The summed E-state index contributed by atoms with van der Waals surface area (Å²) in [6, 6.07) is 6.36. The lowest BCUT2D eigenvalue weighted by atomic mass is 9.93. The second kappa shape index (κ2) is 6.48. The van der Waals surface area contributed by atoms with Crippen molar-refractivity contribution in [3.05, 3.63) is 42.1 Å². The van der Waals surface area contributed by atoms with Crippen LogP contribution in [0.2, 0.25) is 0 Å². The molecule has 2 aromatic rings. The Morgan fingerprint density at radius 1 is 1.23 bits per heavy atom. The summed E-state index contributed by atoms with van der Waals surface area (Å²) in [5.41, 5.74) is 1.24. The summed E-state index contributed by atoms with van der Waals surface area (Å²) >= 11 is 0. The van der Waals surface area contributed by atoms with Crippen molar-refractivity contribution < 1.29 is 0 Å². The Bertz CT molecular complexity index is 611. The third kappa shape index (κ3) is 3.30. The molecule has 0 unspecified atom stereocenters. The maximum Gasteiger partial charge on any atom is 0.128 e. The van der Waals surface area contributed by atoms with Gasteiger partial charge in [-0.3, -0.25) is 4.90 Å². The van der Waals surface area contributed by atoms with Crippen LogP contribution in [-0.4, -0.2) is 46.6 Å². The maximum absolute atomic E-state index is 4.80. The molecule has 5 nitrogen and oxygen atoms in total. The van der Waals surface area contributed by atoms with Crippen LogP contribution in [0.1, 0.15) is 30.3 Å². The van der Waals surface area contributed by atoms with Gasteiger partial charge in [0.1, 0.15) is 11.6 Å². The van der Waals surface area contributed by atoms with Crippen LogP contribution in [0, 0.1) is 0 Å². The van der Waals surface area contributed by atoms with Gasteiger partial charge in [0.25, 0.3) is 0 Å². The predicted molar refractivity (Wildman–Crippen MR) is 89.0 cm³/mol. The monoisotopic (exact) mass is 299 g/mol. The molecule has 3 heterocycles. The molecule has 22 heavy (non-hydrogen) atoms. The first kappa shape index (κ1) is 15.0. The number of aryl methyl sites for hydroxylation is 1. The minimum absolute atomic E-state index is 0.581. The Morgan fingerprint density at radius 3 is 2.64 bits per heavy atom. The van der Waals surface area contributed by atoms with Crippen molar-refractivity contribution in [2.45, 2.75) is 25.3 Å². The second-order valence-corrected chi connectivity index (χ2v) is 6.32. The van der Waals surface area contributed by atoms with Crippen LogP contribution in [0.25, 0.3) is 0 Å². The minimum Gasteiger partial charge on any atom is -0.363 e. The quantitative estimate of drug-likeness (QED) is 0.868. The van der Waals surface area contributed by atoms with Crippen molar-refractivity contribution in [1.29, 1.82) is 0 Å². The minimum atomic E-state index is 0.581. The van der Waals surface area contributed by atoms with Crippen LogP contribution in [0.4, 0.5) is 5.82 Å². The van der Waals surface area contributed by atoms with Gasteiger partial charge in [-0.2, -0.15) is 0 Å². The zero-order chi connectivity index (χ0) is 15.5. The van der Waals surface area contributed by atoms with Gasteiger partial charge >= 0.3 is 0 Å². The molecule has 0 radical (unpaired) electrons. The number of imidazole rings is 1. The highest BCUT2D eigenvalue weighted by atomic mass is 15.2. The highest BCUT2D eigenvalue weighted by Crippen LogP contribution is 2.28. The summed E-state index contributed by atoms with van der Waals surface area (Å²) in [4.78, 5) is 13.8. The van der Waals surface area contributed by atoms with E-state index in [-0.39, 0.29) is 0 Å². The first-order valence-corrected chi connectivity index (χ1v) is 7.96. The zero-order valence-corrected chi connectivity index (χ0v) is 13.7. The second-order valence-electron chi connectivity index (χ2n) is 6.32. The molecule has 0 aromatic carbocycles. The lowest BCUT2D eigenvalue weighted by molar-refractivity contribution is 0.197. The molecular weight excluding hydrogens is 274 g/mol. The number of likely N-dealkylation sites (tertiary alicyclic amines) is 1. The first-order chi connectivity index (χ1) is 10.6. The first-order valence-electron chi connectivity index (χ1n) is 7.96. The van der Waals surface area contributed by atoms with Crippen molar-refractivity contribution in [2.24, 2.45) is 7.05 Å². The fraction of sp³-hybridized carbons (Fsp3) is 0.529. The van der Waals surface area contributed by atoms with E-state index in [1.165, 1.54) is 18.5 Å². The van der Waals surface area contributed by atoms with E-state index in [1.807, 2.05) is 26.5 Å². The average Bonchev–Trinajstić information content (AvgIpc) is 2.93. The highest BCUT2D eigenvalue weighted by molar-refractivity contribution is 5.37. The molecule has 0 atom stereocenters. The van der Waals surface area contributed by atoms with E-state index in [1.54, 1.807) is 0 Å².